The molecule has 0 radical (unpaired) electrons. The smallest absolute Gasteiger partial charge is 0.0926 e. The van der Waals surface area contributed by atoms with Gasteiger partial charge in [0, 0.05) is 23.0 Å². The molecule has 0 saturated heterocycles. The van der Waals surface area contributed by atoms with Gasteiger partial charge in [0.2, 0.25) is 0 Å². The van der Waals surface area contributed by atoms with Crippen molar-refractivity contribution in [3.05, 3.63) is 50.9 Å². The second-order valence-electron chi connectivity index (χ2n) is 4.24. The Morgan fingerprint density at radius 3 is 2.67 bits per heavy atom. The third kappa shape index (κ3) is 3.55. The summed E-state index contributed by atoms with van der Waals surface area (Å²) in [6, 6.07) is 8.26. The number of aromatic nitrogens is 1. The van der Waals surface area contributed by atoms with Crippen molar-refractivity contribution < 1.29 is 0 Å². The van der Waals surface area contributed by atoms with Gasteiger partial charge in [-0.3, -0.25) is 0 Å². The average Bonchev–Trinajstić information content (AvgIpc) is 2.85. The summed E-state index contributed by atoms with van der Waals surface area (Å²) in [6.45, 7) is 5.09. The Bertz CT molecular complexity index is 493. The molecule has 0 aliphatic rings. The number of benzene rings is 1. The highest BCUT2D eigenvalue weighted by molar-refractivity contribution is 7.09. The summed E-state index contributed by atoms with van der Waals surface area (Å²) in [5.41, 5.74) is 2.36. The second-order valence-corrected chi connectivity index (χ2v) is 5.62. The largest absolute Gasteiger partial charge is 0.305 e. The van der Waals surface area contributed by atoms with Gasteiger partial charge >= 0.3 is 0 Å². The van der Waals surface area contributed by atoms with Crippen LogP contribution in [-0.4, -0.2) is 4.98 Å². The number of hydrogen-bond acceptors (Lipinski definition) is 3. The maximum Gasteiger partial charge on any atom is 0.0926 e. The lowest BCUT2D eigenvalue weighted by molar-refractivity contribution is 0.568. The van der Waals surface area contributed by atoms with Gasteiger partial charge in [-0.2, -0.15) is 0 Å². The molecule has 1 heterocycles. The van der Waals surface area contributed by atoms with E-state index in [4.69, 9.17) is 11.6 Å². The fourth-order valence-corrected chi connectivity index (χ4v) is 2.59. The van der Waals surface area contributed by atoms with Gasteiger partial charge in [-0.1, -0.05) is 30.7 Å². The van der Waals surface area contributed by atoms with Gasteiger partial charge < -0.3 is 5.32 Å². The molecular weight excluding hydrogens is 264 g/mol. The van der Waals surface area contributed by atoms with E-state index in [1.807, 2.05) is 12.1 Å². The predicted octanol–water partition coefficient (Wildman–Crippen LogP) is 4.21. The SMILES string of the molecule is CCc1nc(CNC(C)c2ccc(Cl)cc2)cs1. The van der Waals surface area contributed by atoms with E-state index < -0.39 is 0 Å². The first-order valence-electron chi connectivity index (χ1n) is 6.11. The van der Waals surface area contributed by atoms with E-state index in [0.29, 0.717) is 6.04 Å². The zero-order valence-electron chi connectivity index (χ0n) is 10.6. The fraction of sp³-hybridized carbons (Fsp3) is 0.357. The number of halogens is 1. The molecule has 2 nitrogen and oxygen atoms in total. The van der Waals surface area contributed by atoms with E-state index in [0.717, 1.165) is 23.7 Å². The molecular formula is C14H17ClN2S. The van der Waals surface area contributed by atoms with Crippen LogP contribution in [0.25, 0.3) is 0 Å². The van der Waals surface area contributed by atoms with Crippen molar-refractivity contribution in [2.24, 2.45) is 0 Å². The summed E-state index contributed by atoms with van der Waals surface area (Å²) < 4.78 is 0. The standard InChI is InChI=1S/C14H17ClN2S/c1-3-14-17-13(9-18-14)8-16-10(2)11-4-6-12(15)7-5-11/h4-7,9-10,16H,3,8H2,1-2H3. The lowest BCUT2D eigenvalue weighted by Crippen LogP contribution is -2.18. The van der Waals surface area contributed by atoms with E-state index >= 15 is 0 Å². The van der Waals surface area contributed by atoms with Crippen LogP contribution in [0.1, 0.15) is 36.2 Å². The highest BCUT2D eigenvalue weighted by Gasteiger charge is 2.06. The van der Waals surface area contributed by atoms with Crippen molar-refractivity contribution in [1.82, 2.24) is 10.3 Å². The summed E-state index contributed by atoms with van der Waals surface area (Å²) in [6.07, 6.45) is 1.01. The Morgan fingerprint density at radius 2 is 2.06 bits per heavy atom. The van der Waals surface area contributed by atoms with Crippen LogP contribution in [0.4, 0.5) is 0 Å². The van der Waals surface area contributed by atoms with Crippen LogP contribution in [0.3, 0.4) is 0 Å². The van der Waals surface area contributed by atoms with Crippen molar-refractivity contribution in [1.29, 1.82) is 0 Å². The minimum absolute atomic E-state index is 0.300. The highest BCUT2D eigenvalue weighted by atomic mass is 35.5. The molecule has 2 aromatic rings. The molecule has 1 aromatic carbocycles. The van der Waals surface area contributed by atoms with Crippen molar-refractivity contribution in [2.45, 2.75) is 32.9 Å². The van der Waals surface area contributed by atoms with Gasteiger partial charge in [0.1, 0.15) is 0 Å². The first kappa shape index (κ1) is 13.5. The quantitative estimate of drug-likeness (QED) is 0.887. The van der Waals surface area contributed by atoms with Gasteiger partial charge in [0.15, 0.2) is 0 Å². The van der Waals surface area contributed by atoms with Crippen LogP contribution in [0.15, 0.2) is 29.6 Å². The third-order valence-corrected chi connectivity index (χ3v) is 4.16. The number of aryl methyl sites for hydroxylation is 1. The Labute approximate surface area is 117 Å². The highest BCUT2D eigenvalue weighted by Crippen LogP contribution is 2.17. The van der Waals surface area contributed by atoms with Crippen LogP contribution >= 0.6 is 22.9 Å². The van der Waals surface area contributed by atoms with Gasteiger partial charge in [-0.25, -0.2) is 4.98 Å². The lowest BCUT2D eigenvalue weighted by atomic mass is 10.1. The number of rotatable bonds is 5. The van der Waals surface area contributed by atoms with E-state index in [1.54, 1.807) is 11.3 Å². The number of thiazole rings is 1. The molecule has 0 bridgehead atoms. The Kier molecular flexibility index (Phi) is 4.75. The monoisotopic (exact) mass is 280 g/mol. The molecule has 0 spiro atoms. The molecule has 1 unspecified atom stereocenters. The van der Waals surface area contributed by atoms with Gasteiger partial charge in [0.05, 0.1) is 10.7 Å². The molecule has 1 aromatic heterocycles. The minimum atomic E-state index is 0.300. The van der Waals surface area contributed by atoms with Crippen LogP contribution in [0.2, 0.25) is 5.02 Å². The van der Waals surface area contributed by atoms with Crippen LogP contribution < -0.4 is 5.32 Å². The molecule has 96 valence electrons. The van der Waals surface area contributed by atoms with E-state index in [2.05, 4.69) is 41.7 Å². The van der Waals surface area contributed by atoms with E-state index in [1.165, 1.54) is 10.6 Å². The first-order chi connectivity index (χ1) is 8.69. The molecule has 2 rings (SSSR count). The van der Waals surface area contributed by atoms with E-state index in [-0.39, 0.29) is 0 Å². The van der Waals surface area contributed by atoms with Crippen LogP contribution in [0.5, 0.6) is 0 Å². The number of hydrogen-bond donors (Lipinski definition) is 1. The molecule has 1 N–H and O–H groups in total. The summed E-state index contributed by atoms with van der Waals surface area (Å²) in [5.74, 6) is 0. The fourth-order valence-electron chi connectivity index (χ4n) is 1.72. The number of nitrogens with one attached hydrogen (secondary N) is 1. The molecule has 0 amide bonds. The summed E-state index contributed by atoms with van der Waals surface area (Å²) >= 11 is 7.61. The van der Waals surface area contributed by atoms with Crippen molar-refractivity contribution in [3.8, 4) is 0 Å². The van der Waals surface area contributed by atoms with Gasteiger partial charge in [-0.05, 0) is 31.0 Å². The Hall–Kier alpha value is -0.900. The molecule has 18 heavy (non-hydrogen) atoms. The number of nitrogens with zero attached hydrogens (tertiary/aromatic N) is 1. The normalized spacial score (nSPS) is 12.6. The maximum absolute atomic E-state index is 5.88. The minimum Gasteiger partial charge on any atom is -0.305 e. The molecule has 1 atom stereocenters. The van der Waals surface area contributed by atoms with Crippen molar-refractivity contribution in [2.75, 3.05) is 0 Å². The summed E-state index contributed by atoms with van der Waals surface area (Å²) in [4.78, 5) is 4.54. The topological polar surface area (TPSA) is 24.9 Å². The van der Waals surface area contributed by atoms with Crippen LogP contribution in [0, 0.1) is 0 Å². The maximum atomic E-state index is 5.88. The second kappa shape index (κ2) is 6.32. The third-order valence-electron chi connectivity index (χ3n) is 2.86. The molecule has 4 heteroatoms. The Balaban J connectivity index is 1.91. The zero-order chi connectivity index (χ0) is 13.0. The van der Waals surface area contributed by atoms with Gasteiger partial charge in [0.25, 0.3) is 0 Å². The first-order valence-corrected chi connectivity index (χ1v) is 7.37. The van der Waals surface area contributed by atoms with Gasteiger partial charge in [-0.15, -0.1) is 11.3 Å². The molecule has 0 aliphatic heterocycles. The lowest BCUT2D eigenvalue weighted by Gasteiger charge is -2.13. The van der Waals surface area contributed by atoms with Crippen molar-refractivity contribution in [3.63, 3.8) is 0 Å². The van der Waals surface area contributed by atoms with Crippen molar-refractivity contribution >= 4 is 22.9 Å². The predicted molar refractivity (Wildman–Crippen MR) is 78.2 cm³/mol. The summed E-state index contributed by atoms with van der Waals surface area (Å²) in [5, 5.41) is 7.57. The molecule has 0 aliphatic carbocycles. The Morgan fingerprint density at radius 1 is 1.33 bits per heavy atom. The average molecular weight is 281 g/mol. The zero-order valence-corrected chi connectivity index (χ0v) is 12.2. The molecule has 0 saturated carbocycles. The summed E-state index contributed by atoms with van der Waals surface area (Å²) in [7, 11) is 0. The molecule has 0 fully saturated rings. The van der Waals surface area contributed by atoms with E-state index in [9.17, 15) is 0 Å². The van der Waals surface area contributed by atoms with Crippen LogP contribution in [-0.2, 0) is 13.0 Å².